The summed E-state index contributed by atoms with van der Waals surface area (Å²) < 4.78 is 22.3. The number of nitrogens with zero attached hydrogens (tertiary/aromatic N) is 3. The number of benzene rings is 2. The Labute approximate surface area is 196 Å². The molecule has 2 heterocycles. The van der Waals surface area contributed by atoms with Crippen LogP contribution in [0.2, 0.25) is 0 Å². The number of esters is 1. The van der Waals surface area contributed by atoms with Gasteiger partial charge in [0, 0.05) is 12.5 Å². The Kier molecular flexibility index (Phi) is 5.28. The third-order valence-electron chi connectivity index (χ3n) is 6.60. The molecule has 4 unspecified atom stereocenters. The van der Waals surface area contributed by atoms with Crippen molar-refractivity contribution in [3.8, 4) is 24.0 Å². The molecule has 2 fully saturated rings. The van der Waals surface area contributed by atoms with Crippen LogP contribution in [0.25, 0.3) is 0 Å². The third-order valence-corrected chi connectivity index (χ3v) is 6.60. The van der Waals surface area contributed by atoms with Crippen molar-refractivity contribution in [3.63, 3.8) is 0 Å². The number of methoxy groups -OCH3 is 2. The minimum atomic E-state index is -2.16. The second-order valence-corrected chi connectivity index (χ2v) is 8.19. The van der Waals surface area contributed by atoms with E-state index in [1.54, 1.807) is 31.2 Å². The van der Waals surface area contributed by atoms with Crippen LogP contribution in [0.1, 0.15) is 40.4 Å². The second-order valence-electron chi connectivity index (χ2n) is 8.19. The Morgan fingerprint density at radius 2 is 1.68 bits per heavy atom. The molecule has 0 saturated carbocycles. The van der Waals surface area contributed by atoms with Gasteiger partial charge in [0.2, 0.25) is 17.1 Å². The van der Waals surface area contributed by atoms with E-state index in [0.29, 0.717) is 16.9 Å². The zero-order valence-electron chi connectivity index (χ0n) is 18.7. The van der Waals surface area contributed by atoms with Gasteiger partial charge in [0.15, 0.2) is 5.41 Å². The van der Waals surface area contributed by atoms with Crippen LogP contribution < -0.4 is 4.74 Å². The van der Waals surface area contributed by atoms with Crippen LogP contribution in [0.15, 0.2) is 48.5 Å². The molecule has 0 amide bonds. The molecule has 4 atom stereocenters. The summed E-state index contributed by atoms with van der Waals surface area (Å²) in [5, 5.41) is 40.0. The van der Waals surface area contributed by atoms with Crippen LogP contribution >= 0.6 is 0 Å². The SMILES string of the molecule is COC(=O)c1ccc(C2OC3(C)OC(=N)C(C#N)(C3c3ccccc3OC)C2(C#N)C#N)cc1. The van der Waals surface area contributed by atoms with Crippen molar-refractivity contribution >= 4 is 11.9 Å². The summed E-state index contributed by atoms with van der Waals surface area (Å²) in [6.07, 6.45) is -1.26. The van der Waals surface area contributed by atoms with Crippen molar-refractivity contribution in [3.05, 3.63) is 65.2 Å². The van der Waals surface area contributed by atoms with Crippen LogP contribution in [0.5, 0.6) is 5.75 Å². The standard InChI is InChI=1S/C25H20N4O5/c1-23-19(17-6-4-5-7-18(17)31-2)25(14-28,22(29)34-23)24(12-26,13-27)20(33-23)15-8-10-16(11-9-15)21(30)32-3/h4-11,19-20,29H,1-3H3. The fraction of sp³-hybridized carbons (Fsp3) is 0.320. The minimum Gasteiger partial charge on any atom is -0.496 e. The summed E-state index contributed by atoms with van der Waals surface area (Å²) in [4.78, 5) is 11.8. The maximum atomic E-state index is 11.8. The maximum Gasteiger partial charge on any atom is 0.337 e. The van der Waals surface area contributed by atoms with Gasteiger partial charge in [0.1, 0.15) is 11.9 Å². The van der Waals surface area contributed by atoms with Crippen LogP contribution in [0, 0.1) is 50.2 Å². The molecular weight excluding hydrogens is 436 g/mol. The maximum absolute atomic E-state index is 11.8. The Hall–Kier alpha value is -4.39. The highest BCUT2D eigenvalue weighted by molar-refractivity contribution is 5.91. The largest absolute Gasteiger partial charge is 0.496 e. The fourth-order valence-electron chi connectivity index (χ4n) is 5.07. The number of para-hydroxylation sites is 1. The molecular formula is C25H20N4O5. The summed E-state index contributed by atoms with van der Waals surface area (Å²) >= 11 is 0. The average Bonchev–Trinajstić information content (AvgIpc) is 3.05. The van der Waals surface area contributed by atoms with Gasteiger partial charge in [0.05, 0.1) is 43.9 Å². The predicted molar refractivity (Wildman–Crippen MR) is 116 cm³/mol. The number of hydrogen-bond donors (Lipinski definition) is 1. The van der Waals surface area contributed by atoms with E-state index >= 15 is 0 Å². The van der Waals surface area contributed by atoms with Gasteiger partial charge in [-0.05, 0) is 23.8 Å². The number of ether oxygens (including phenoxy) is 4. The van der Waals surface area contributed by atoms with Gasteiger partial charge in [-0.3, -0.25) is 5.41 Å². The Morgan fingerprint density at radius 3 is 2.24 bits per heavy atom. The third kappa shape index (κ3) is 2.73. The lowest BCUT2D eigenvalue weighted by Gasteiger charge is -2.49. The van der Waals surface area contributed by atoms with E-state index in [4.69, 9.17) is 24.4 Å². The Bertz CT molecular complexity index is 1290. The van der Waals surface area contributed by atoms with Crippen molar-refractivity contribution in [1.82, 2.24) is 0 Å². The molecule has 4 rings (SSSR count). The molecule has 34 heavy (non-hydrogen) atoms. The molecule has 0 aliphatic carbocycles. The summed E-state index contributed by atoms with van der Waals surface area (Å²) in [7, 11) is 2.72. The number of nitrogens with one attached hydrogen (secondary N) is 1. The van der Waals surface area contributed by atoms with Crippen molar-refractivity contribution in [2.24, 2.45) is 10.8 Å². The Morgan fingerprint density at radius 1 is 1.03 bits per heavy atom. The lowest BCUT2D eigenvalue weighted by Crippen LogP contribution is -2.57. The Balaban J connectivity index is 1.98. The fourth-order valence-corrected chi connectivity index (χ4v) is 5.07. The zero-order chi connectivity index (χ0) is 24.7. The number of carbonyl (C=O) groups excluding carboxylic acids is 1. The number of fused-ring (bicyclic) bond motifs is 2. The first-order chi connectivity index (χ1) is 16.3. The highest BCUT2D eigenvalue weighted by Gasteiger charge is 2.80. The summed E-state index contributed by atoms with van der Waals surface area (Å²) in [5.41, 5.74) is -3.05. The van der Waals surface area contributed by atoms with Gasteiger partial charge < -0.3 is 18.9 Å². The highest BCUT2D eigenvalue weighted by atomic mass is 16.7. The smallest absolute Gasteiger partial charge is 0.337 e. The molecule has 2 aromatic carbocycles. The molecule has 9 nitrogen and oxygen atoms in total. The molecule has 2 saturated heterocycles. The number of nitriles is 3. The summed E-state index contributed by atoms with van der Waals surface area (Å²) in [6, 6.07) is 19.0. The van der Waals surface area contributed by atoms with Crippen LogP contribution in [0.4, 0.5) is 0 Å². The molecule has 2 bridgehead atoms. The molecule has 170 valence electrons. The van der Waals surface area contributed by atoms with E-state index in [1.165, 1.54) is 38.5 Å². The molecule has 2 aromatic rings. The minimum absolute atomic E-state index is 0.265. The lowest BCUT2D eigenvalue weighted by molar-refractivity contribution is -0.253. The van der Waals surface area contributed by atoms with E-state index in [9.17, 15) is 20.6 Å². The lowest BCUT2D eigenvalue weighted by atomic mass is 9.52. The quantitative estimate of drug-likeness (QED) is 0.686. The van der Waals surface area contributed by atoms with Crippen molar-refractivity contribution in [2.75, 3.05) is 14.2 Å². The van der Waals surface area contributed by atoms with Gasteiger partial charge in [-0.15, -0.1) is 0 Å². The van der Waals surface area contributed by atoms with Gasteiger partial charge in [0.25, 0.3) is 0 Å². The molecule has 2 aliphatic rings. The van der Waals surface area contributed by atoms with E-state index in [-0.39, 0.29) is 5.56 Å². The second kappa shape index (κ2) is 7.88. The zero-order valence-corrected chi connectivity index (χ0v) is 18.7. The van der Waals surface area contributed by atoms with Crippen molar-refractivity contribution in [2.45, 2.75) is 24.7 Å². The number of carbonyl (C=O) groups is 1. The molecule has 0 spiro atoms. The van der Waals surface area contributed by atoms with Crippen molar-refractivity contribution < 1.29 is 23.7 Å². The number of hydrogen-bond acceptors (Lipinski definition) is 9. The van der Waals surface area contributed by atoms with Crippen LogP contribution in [0.3, 0.4) is 0 Å². The number of rotatable bonds is 4. The predicted octanol–water partition coefficient (Wildman–Crippen LogP) is 3.60. The first-order valence-corrected chi connectivity index (χ1v) is 10.3. The van der Waals surface area contributed by atoms with E-state index in [1.807, 2.05) is 12.1 Å². The first-order valence-electron chi connectivity index (χ1n) is 10.3. The molecule has 0 aromatic heterocycles. The normalized spacial score (nSPS) is 28.5. The summed E-state index contributed by atoms with van der Waals surface area (Å²) in [5.74, 6) is -3.25. The van der Waals surface area contributed by atoms with Crippen molar-refractivity contribution in [1.29, 1.82) is 21.2 Å². The topological polar surface area (TPSA) is 149 Å². The van der Waals surface area contributed by atoms with Crippen LogP contribution in [-0.4, -0.2) is 31.9 Å². The first kappa shape index (κ1) is 22.8. The van der Waals surface area contributed by atoms with Gasteiger partial charge in [-0.2, -0.15) is 15.8 Å². The van der Waals surface area contributed by atoms with Crippen LogP contribution in [-0.2, 0) is 14.2 Å². The molecule has 0 radical (unpaired) electrons. The molecule has 1 N–H and O–H groups in total. The van der Waals surface area contributed by atoms with Gasteiger partial charge in [-0.25, -0.2) is 4.79 Å². The van der Waals surface area contributed by atoms with Gasteiger partial charge in [-0.1, -0.05) is 30.3 Å². The average molecular weight is 456 g/mol. The molecule has 9 heteroatoms. The van der Waals surface area contributed by atoms with E-state index < -0.39 is 40.5 Å². The van der Waals surface area contributed by atoms with Gasteiger partial charge >= 0.3 is 5.97 Å². The van der Waals surface area contributed by atoms with E-state index in [2.05, 4.69) is 6.07 Å². The molecule has 2 aliphatic heterocycles. The monoisotopic (exact) mass is 456 g/mol. The highest BCUT2D eigenvalue weighted by Crippen LogP contribution is 2.70. The van der Waals surface area contributed by atoms with E-state index in [0.717, 1.165) is 0 Å². The summed E-state index contributed by atoms with van der Waals surface area (Å²) in [6.45, 7) is 1.58.